The minimum atomic E-state index is 0.0247. The van der Waals surface area contributed by atoms with Crippen LogP contribution in [0.1, 0.15) is 25.7 Å². The third kappa shape index (κ3) is 3.50. The van der Waals surface area contributed by atoms with E-state index in [9.17, 15) is 4.79 Å². The first-order valence-electron chi connectivity index (χ1n) is 7.15. The van der Waals surface area contributed by atoms with Crippen LogP contribution in [0.25, 0.3) is 11.3 Å². The van der Waals surface area contributed by atoms with Gasteiger partial charge in [0.25, 0.3) is 0 Å². The highest BCUT2D eigenvalue weighted by Crippen LogP contribution is 2.24. The lowest BCUT2D eigenvalue weighted by molar-refractivity contribution is -0.122. The van der Waals surface area contributed by atoms with Crippen LogP contribution in [0.5, 0.6) is 0 Å². The molecule has 2 aromatic heterocycles. The summed E-state index contributed by atoms with van der Waals surface area (Å²) in [7, 11) is 0. The summed E-state index contributed by atoms with van der Waals surface area (Å²) in [5.41, 5.74) is 1.73. The number of hydrogen-bond acceptors (Lipinski definition) is 3. The molecule has 2 aromatic rings. The molecule has 5 nitrogen and oxygen atoms in total. The molecule has 1 N–H and O–H groups in total. The van der Waals surface area contributed by atoms with Crippen LogP contribution in [0.3, 0.4) is 0 Å². The molecule has 0 bridgehead atoms. The number of nitrogens with one attached hydrogen (secondary N) is 1. The Hall–Kier alpha value is -1.69. The maximum absolute atomic E-state index is 12.0. The number of hydrogen-bond donors (Lipinski definition) is 1. The van der Waals surface area contributed by atoms with E-state index < -0.39 is 0 Å². The summed E-state index contributed by atoms with van der Waals surface area (Å²) >= 11 is 3.47. The molecule has 6 heteroatoms. The lowest BCUT2D eigenvalue weighted by Gasteiger charge is -2.11. The maximum Gasteiger partial charge on any atom is 0.241 e. The Morgan fingerprint density at radius 3 is 3.00 bits per heavy atom. The highest BCUT2D eigenvalue weighted by molar-refractivity contribution is 9.10. The molecule has 1 aliphatic rings. The second-order valence-electron chi connectivity index (χ2n) is 5.31. The van der Waals surface area contributed by atoms with Crippen LogP contribution in [0.4, 0.5) is 0 Å². The molecule has 0 aliphatic heterocycles. The van der Waals surface area contributed by atoms with Crippen molar-refractivity contribution in [3.8, 4) is 11.3 Å². The van der Waals surface area contributed by atoms with E-state index >= 15 is 0 Å². The predicted octanol–water partition coefficient (Wildman–Crippen LogP) is 2.77. The number of aromatic nitrogens is 3. The molecule has 21 heavy (non-hydrogen) atoms. The normalized spacial score (nSPS) is 15.3. The van der Waals surface area contributed by atoms with Crippen molar-refractivity contribution in [2.45, 2.75) is 38.3 Å². The van der Waals surface area contributed by atoms with Gasteiger partial charge in [0.15, 0.2) is 0 Å². The van der Waals surface area contributed by atoms with Gasteiger partial charge in [-0.25, -0.2) is 0 Å². The smallest absolute Gasteiger partial charge is 0.241 e. The van der Waals surface area contributed by atoms with Gasteiger partial charge in [-0.15, -0.1) is 0 Å². The molecule has 1 saturated carbocycles. The van der Waals surface area contributed by atoms with Gasteiger partial charge in [0.2, 0.25) is 5.91 Å². The van der Waals surface area contributed by atoms with Crippen molar-refractivity contribution in [3.05, 3.63) is 35.2 Å². The fourth-order valence-electron chi connectivity index (χ4n) is 2.66. The summed E-state index contributed by atoms with van der Waals surface area (Å²) in [6, 6.07) is 4.15. The quantitative estimate of drug-likeness (QED) is 0.923. The molecule has 0 atom stereocenters. The average Bonchev–Trinajstić information content (AvgIpc) is 3.11. The second-order valence-corrected chi connectivity index (χ2v) is 6.16. The zero-order chi connectivity index (χ0) is 14.7. The Kier molecular flexibility index (Phi) is 4.34. The van der Waals surface area contributed by atoms with Crippen molar-refractivity contribution in [1.82, 2.24) is 20.1 Å². The molecule has 0 radical (unpaired) electrons. The van der Waals surface area contributed by atoms with E-state index in [1.54, 1.807) is 17.1 Å². The lowest BCUT2D eigenvalue weighted by atomic mass is 10.2. The Morgan fingerprint density at radius 2 is 2.24 bits per heavy atom. The highest BCUT2D eigenvalue weighted by Gasteiger charge is 2.17. The monoisotopic (exact) mass is 348 g/mol. The fraction of sp³-hybridized carbons (Fsp3) is 0.400. The third-order valence-corrected chi connectivity index (χ3v) is 4.33. The van der Waals surface area contributed by atoms with E-state index in [1.807, 2.05) is 18.3 Å². The minimum Gasteiger partial charge on any atom is -0.352 e. The number of pyridine rings is 1. The van der Waals surface area contributed by atoms with Gasteiger partial charge >= 0.3 is 0 Å². The zero-order valence-electron chi connectivity index (χ0n) is 11.6. The fourth-order valence-corrected chi connectivity index (χ4v) is 3.14. The summed E-state index contributed by atoms with van der Waals surface area (Å²) in [4.78, 5) is 16.3. The highest BCUT2D eigenvalue weighted by atomic mass is 79.9. The summed E-state index contributed by atoms with van der Waals surface area (Å²) in [5, 5.41) is 7.31. The first-order chi connectivity index (χ1) is 10.2. The molecule has 110 valence electrons. The molecule has 1 aliphatic carbocycles. The van der Waals surface area contributed by atoms with Crippen LogP contribution in [0.2, 0.25) is 0 Å². The molecular formula is C15H17BrN4O. The molecule has 0 unspecified atom stereocenters. The number of nitrogens with zero attached hydrogens (tertiary/aromatic N) is 3. The van der Waals surface area contributed by atoms with Gasteiger partial charge in [-0.2, -0.15) is 5.10 Å². The van der Waals surface area contributed by atoms with Gasteiger partial charge < -0.3 is 5.32 Å². The van der Waals surface area contributed by atoms with Gasteiger partial charge in [0.1, 0.15) is 6.54 Å². The standard InChI is InChI=1S/C15H17BrN4O/c16-13-6-3-7-17-15(13)11-8-18-20(9-11)10-14(21)19-12-4-1-2-5-12/h3,6-9,12H,1-2,4-5,10H2,(H,19,21). The van der Waals surface area contributed by atoms with Crippen molar-refractivity contribution >= 4 is 21.8 Å². The molecule has 3 rings (SSSR count). The van der Waals surface area contributed by atoms with Gasteiger partial charge in [-0.05, 0) is 40.9 Å². The molecule has 0 spiro atoms. The van der Waals surface area contributed by atoms with Crippen molar-refractivity contribution in [1.29, 1.82) is 0 Å². The molecule has 2 heterocycles. The number of carbonyl (C=O) groups is 1. The molecule has 0 saturated heterocycles. The predicted molar refractivity (Wildman–Crippen MR) is 83.6 cm³/mol. The van der Waals surface area contributed by atoms with Crippen LogP contribution in [-0.2, 0) is 11.3 Å². The maximum atomic E-state index is 12.0. The van der Waals surface area contributed by atoms with Crippen LogP contribution in [0.15, 0.2) is 35.2 Å². The van der Waals surface area contributed by atoms with Crippen molar-refractivity contribution in [3.63, 3.8) is 0 Å². The largest absolute Gasteiger partial charge is 0.352 e. The zero-order valence-corrected chi connectivity index (χ0v) is 13.2. The van der Waals surface area contributed by atoms with Crippen molar-refractivity contribution in [2.75, 3.05) is 0 Å². The SMILES string of the molecule is O=C(Cn1cc(-c2ncccc2Br)cn1)NC1CCCC1. The van der Waals surface area contributed by atoms with Crippen LogP contribution >= 0.6 is 15.9 Å². The van der Waals surface area contributed by atoms with Crippen LogP contribution < -0.4 is 5.32 Å². The first kappa shape index (κ1) is 14.3. The van der Waals surface area contributed by atoms with Crippen molar-refractivity contribution < 1.29 is 4.79 Å². The summed E-state index contributed by atoms with van der Waals surface area (Å²) in [6.07, 6.45) is 9.94. The summed E-state index contributed by atoms with van der Waals surface area (Å²) in [6.45, 7) is 0.251. The topological polar surface area (TPSA) is 59.8 Å². The van der Waals surface area contributed by atoms with Gasteiger partial charge in [0.05, 0.1) is 11.9 Å². The Balaban J connectivity index is 1.65. The molecular weight excluding hydrogens is 332 g/mol. The van der Waals surface area contributed by atoms with E-state index in [1.165, 1.54) is 12.8 Å². The molecule has 1 amide bonds. The Bertz CT molecular complexity index is 634. The van der Waals surface area contributed by atoms with E-state index in [4.69, 9.17) is 0 Å². The number of rotatable bonds is 4. The minimum absolute atomic E-state index is 0.0247. The third-order valence-electron chi connectivity index (χ3n) is 3.69. The van der Waals surface area contributed by atoms with E-state index in [0.29, 0.717) is 6.04 Å². The number of halogens is 1. The van der Waals surface area contributed by atoms with Crippen molar-refractivity contribution in [2.24, 2.45) is 0 Å². The lowest BCUT2D eigenvalue weighted by Crippen LogP contribution is -2.35. The van der Waals surface area contributed by atoms with E-state index in [2.05, 4.69) is 31.3 Å². The van der Waals surface area contributed by atoms with Crippen LogP contribution in [-0.4, -0.2) is 26.7 Å². The summed E-state index contributed by atoms with van der Waals surface area (Å²) < 4.78 is 2.57. The second kappa shape index (κ2) is 6.39. The average molecular weight is 349 g/mol. The van der Waals surface area contributed by atoms with Gasteiger partial charge in [0, 0.05) is 28.5 Å². The number of amides is 1. The molecule has 0 aromatic carbocycles. The van der Waals surface area contributed by atoms with Crippen LogP contribution in [0, 0.1) is 0 Å². The summed E-state index contributed by atoms with van der Waals surface area (Å²) in [5.74, 6) is 0.0247. The Labute approximate surface area is 131 Å². The van der Waals surface area contributed by atoms with E-state index in [-0.39, 0.29) is 12.5 Å². The van der Waals surface area contributed by atoms with E-state index in [0.717, 1.165) is 28.6 Å². The Morgan fingerprint density at radius 1 is 1.43 bits per heavy atom. The van der Waals surface area contributed by atoms with Gasteiger partial charge in [-0.3, -0.25) is 14.5 Å². The molecule has 1 fully saturated rings. The first-order valence-corrected chi connectivity index (χ1v) is 7.94. The number of carbonyl (C=O) groups excluding carboxylic acids is 1. The van der Waals surface area contributed by atoms with Gasteiger partial charge in [-0.1, -0.05) is 12.8 Å².